The van der Waals surface area contributed by atoms with E-state index in [0.717, 1.165) is 6.26 Å². The highest BCUT2D eigenvalue weighted by Crippen LogP contribution is 2.07. The van der Waals surface area contributed by atoms with Crippen molar-refractivity contribution in [1.82, 2.24) is 4.98 Å². The number of carbonyl (C=O) groups is 1. The van der Waals surface area contributed by atoms with Crippen molar-refractivity contribution in [2.75, 3.05) is 18.5 Å². The van der Waals surface area contributed by atoms with E-state index in [4.69, 9.17) is 14.6 Å². The number of aromatic nitrogens is 1. The number of nitrogens with one attached hydrogen (secondary N) is 1. The Bertz CT molecular complexity index is 310. The second kappa shape index (κ2) is 4.61. The summed E-state index contributed by atoms with van der Waals surface area (Å²) in [6.07, 6.45) is 1.06. The summed E-state index contributed by atoms with van der Waals surface area (Å²) in [6.45, 7) is 2.38. The first kappa shape index (κ1) is 10.5. The van der Waals surface area contributed by atoms with Crippen molar-refractivity contribution in [2.24, 2.45) is 5.92 Å². The maximum Gasteiger partial charge on any atom is 0.357 e. The number of hydrogen-bond acceptors (Lipinski definition) is 5. The lowest BCUT2D eigenvalue weighted by Gasteiger charge is -2.06. The largest absolute Gasteiger partial charge is 0.476 e. The molecule has 0 fully saturated rings. The topological polar surface area (TPSA) is 95.6 Å². The molecule has 0 saturated carbocycles. The molecule has 0 aliphatic rings. The van der Waals surface area contributed by atoms with Gasteiger partial charge < -0.3 is 19.9 Å². The van der Waals surface area contributed by atoms with Gasteiger partial charge in [0.15, 0.2) is 5.69 Å². The van der Waals surface area contributed by atoms with E-state index in [1.54, 1.807) is 0 Å². The second-order valence-corrected chi connectivity index (χ2v) is 3.01. The molecule has 0 aromatic carbocycles. The zero-order valence-electron chi connectivity index (χ0n) is 7.73. The van der Waals surface area contributed by atoms with Gasteiger partial charge in [0, 0.05) is 13.2 Å². The van der Waals surface area contributed by atoms with Crippen LogP contribution in [0.4, 0.5) is 6.01 Å². The minimum atomic E-state index is -1.13. The van der Waals surface area contributed by atoms with Crippen LogP contribution in [0.25, 0.3) is 0 Å². The Morgan fingerprint density at radius 2 is 2.50 bits per heavy atom. The van der Waals surface area contributed by atoms with Gasteiger partial charge in [-0.3, -0.25) is 0 Å². The van der Waals surface area contributed by atoms with Crippen LogP contribution in [0.3, 0.4) is 0 Å². The maximum atomic E-state index is 10.4. The molecular formula is C8H12N2O4. The van der Waals surface area contributed by atoms with Crippen molar-refractivity contribution < 1.29 is 19.4 Å². The Balaban J connectivity index is 2.48. The molecule has 1 unspecified atom stereocenters. The standard InChI is InChI=1S/C8H12N2O4/c1-5(3-11)2-9-8-10-6(4-14-8)7(12)13/h4-5,11H,2-3H2,1H3,(H,9,10)(H,12,13). The Labute approximate surface area is 80.6 Å². The maximum absolute atomic E-state index is 10.4. The number of carboxylic acids is 1. The Kier molecular flexibility index (Phi) is 3.47. The van der Waals surface area contributed by atoms with Gasteiger partial charge >= 0.3 is 5.97 Å². The normalized spacial score (nSPS) is 12.4. The van der Waals surface area contributed by atoms with Gasteiger partial charge in [-0.25, -0.2) is 4.79 Å². The van der Waals surface area contributed by atoms with E-state index < -0.39 is 5.97 Å². The summed E-state index contributed by atoms with van der Waals surface area (Å²) >= 11 is 0. The number of carboxylic acid groups (broad SMARTS) is 1. The van der Waals surface area contributed by atoms with Crippen LogP contribution in [0, 0.1) is 5.92 Å². The predicted molar refractivity (Wildman–Crippen MR) is 48.2 cm³/mol. The molecule has 14 heavy (non-hydrogen) atoms. The molecule has 6 nitrogen and oxygen atoms in total. The molecule has 0 amide bonds. The highest BCUT2D eigenvalue weighted by molar-refractivity contribution is 5.85. The summed E-state index contributed by atoms with van der Waals surface area (Å²) in [7, 11) is 0. The quantitative estimate of drug-likeness (QED) is 0.637. The average Bonchev–Trinajstić information content (AvgIpc) is 2.62. The highest BCUT2D eigenvalue weighted by atomic mass is 16.4. The Morgan fingerprint density at radius 1 is 1.79 bits per heavy atom. The summed E-state index contributed by atoms with van der Waals surface area (Å²) in [4.78, 5) is 14.1. The van der Waals surface area contributed by atoms with E-state index in [0.29, 0.717) is 6.54 Å². The Hall–Kier alpha value is -1.56. The molecule has 0 aliphatic heterocycles. The minimum absolute atomic E-state index is 0.0551. The SMILES string of the molecule is CC(CO)CNc1nc(C(=O)O)co1. The number of aromatic carboxylic acids is 1. The predicted octanol–water partition coefficient (Wildman–Crippen LogP) is 0.413. The van der Waals surface area contributed by atoms with Crippen LogP contribution >= 0.6 is 0 Å². The van der Waals surface area contributed by atoms with Crippen LogP contribution in [0.15, 0.2) is 10.7 Å². The molecule has 1 aromatic heterocycles. The van der Waals surface area contributed by atoms with Crippen molar-refractivity contribution in [3.63, 3.8) is 0 Å². The molecule has 0 spiro atoms. The van der Waals surface area contributed by atoms with E-state index in [-0.39, 0.29) is 24.2 Å². The fourth-order valence-corrected chi connectivity index (χ4v) is 0.779. The summed E-state index contributed by atoms with van der Waals surface area (Å²) in [5, 5.41) is 20.0. The molecule has 3 N–H and O–H groups in total. The summed E-state index contributed by atoms with van der Waals surface area (Å²) in [6, 6.07) is 0.155. The Morgan fingerprint density at radius 3 is 3.00 bits per heavy atom. The number of hydrogen-bond donors (Lipinski definition) is 3. The van der Waals surface area contributed by atoms with Crippen LogP contribution in [0.2, 0.25) is 0 Å². The van der Waals surface area contributed by atoms with Crippen LogP contribution < -0.4 is 5.32 Å². The third kappa shape index (κ3) is 2.74. The van der Waals surface area contributed by atoms with Crippen molar-refractivity contribution in [3.8, 4) is 0 Å². The highest BCUT2D eigenvalue weighted by Gasteiger charge is 2.10. The van der Waals surface area contributed by atoms with Gasteiger partial charge in [-0.1, -0.05) is 6.92 Å². The van der Waals surface area contributed by atoms with Crippen LogP contribution in [0.5, 0.6) is 0 Å². The molecule has 1 heterocycles. The number of anilines is 1. The van der Waals surface area contributed by atoms with E-state index in [1.807, 2.05) is 6.92 Å². The van der Waals surface area contributed by atoms with Gasteiger partial charge in [0.25, 0.3) is 6.01 Å². The lowest BCUT2D eigenvalue weighted by atomic mass is 10.2. The summed E-state index contributed by atoms with van der Waals surface area (Å²) in [5.41, 5.74) is -0.135. The van der Waals surface area contributed by atoms with Gasteiger partial charge in [-0.05, 0) is 5.92 Å². The molecule has 1 aromatic rings. The minimum Gasteiger partial charge on any atom is -0.476 e. The number of aliphatic hydroxyl groups is 1. The molecule has 1 rings (SSSR count). The lowest BCUT2D eigenvalue weighted by molar-refractivity contribution is 0.0690. The number of nitrogens with zero attached hydrogens (tertiary/aromatic N) is 1. The molecule has 0 aliphatic carbocycles. The zero-order valence-corrected chi connectivity index (χ0v) is 7.73. The van der Waals surface area contributed by atoms with Crippen molar-refractivity contribution in [2.45, 2.75) is 6.92 Å². The molecule has 1 atom stereocenters. The lowest BCUT2D eigenvalue weighted by Crippen LogP contribution is -2.14. The van der Waals surface area contributed by atoms with Gasteiger partial charge in [0.05, 0.1) is 0 Å². The van der Waals surface area contributed by atoms with Gasteiger partial charge in [0.2, 0.25) is 0 Å². The van der Waals surface area contributed by atoms with Crippen molar-refractivity contribution >= 4 is 12.0 Å². The first-order chi connectivity index (χ1) is 6.63. The third-order valence-corrected chi connectivity index (χ3v) is 1.64. The summed E-state index contributed by atoms with van der Waals surface area (Å²) < 4.78 is 4.84. The number of aliphatic hydroxyl groups excluding tert-OH is 1. The van der Waals surface area contributed by atoms with E-state index in [2.05, 4.69) is 10.3 Å². The van der Waals surface area contributed by atoms with Crippen molar-refractivity contribution in [3.05, 3.63) is 12.0 Å². The third-order valence-electron chi connectivity index (χ3n) is 1.64. The van der Waals surface area contributed by atoms with Gasteiger partial charge in [-0.15, -0.1) is 0 Å². The fourth-order valence-electron chi connectivity index (χ4n) is 0.779. The average molecular weight is 200 g/mol. The molecule has 0 saturated heterocycles. The zero-order chi connectivity index (χ0) is 10.6. The first-order valence-corrected chi connectivity index (χ1v) is 4.17. The first-order valence-electron chi connectivity index (χ1n) is 4.17. The van der Waals surface area contributed by atoms with Gasteiger partial charge in [-0.2, -0.15) is 4.98 Å². The van der Waals surface area contributed by atoms with Crippen LogP contribution in [-0.4, -0.2) is 34.3 Å². The second-order valence-electron chi connectivity index (χ2n) is 3.01. The monoisotopic (exact) mass is 200 g/mol. The van der Waals surface area contributed by atoms with Crippen LogP contribution in [-0.2, 0) is 0 Å². The molecule has 0 radical (unpaired) electrons. The molecule has 78 valence electrons. The van der Waals surface area contributed by atoms with E-state index in [1.165, 1.54) is 0 Å². The smallest absolute Gasteiger partial charge is 0.357 e. The van der Waals surface area contributed by atoms with Gasteiger partial charge in [0.1, 0.15) is 6.26 Å². The molecule has 6 heteroatoms. The number of rotatable bonds is 5. The van der Waals surface area contributed by atoms with E-state index in [9.17, 15) is 4.79 Å². The molecule has 0 bridgehead atoms. The van der Waals surface area contributed by atoms with E-state index >= 15 is 0 Å². The van der Waals surface area contributed by atoms with Crippen LogP contribution in [0.1, 0.15) is 17.4 Å². The number of oxazole rings is 1. The fraction of sp³-hybridized carbons (Fsp3) is 0.500. The summed E-state index contributed by atoms with van der Waals surface area (Å²) in [5.74, 6) is -1.06. The molecular weight excluding hydrogens is 188 g/mol. The van der Waals surface area contributed by atoms with Crippen molar-refractivity contribution in [1.29, 1.82) is 0 Å².